The van der Waals surface area contributed by atoms with E-state index in [4.69, 9.17) is 8.83 Å². The third kappa shape index (κ3) is 4.69. The van der Waals surface area contributed by atoms with Crippen LogP contribution in [0.3, 0.4) is 0 Å². The Kier molecular flexibility index (Phi) is 6.79. The number of furan rings is 2. The molecule has 12 rings (SSSR count). The Balaban J connectivity index is 1.03. The Bertz CT molecular complexity index is 3370. The third-order valence-corrected chi connectivity index (χ3v) is 11.9. The lowest BCUT2D eigenvalue weighted by Crippen LogP contribution is -1.92. The lowest BCUT2D eigenvalue weighted by Gasteiger charge is -2.18. The molecule has 2 nitrogen and oxygen atoms in total. The van der Waals surface area contributed by atoms with E-state index in [0.29, 0.717) is 0 Å². The lowest BCUT2D eigenvalue weighted by molar-refractivity contribution is 0.595. The molecule has 11 aromatic rings. The number of hydrogen-bond donors (Lipinski definition) is 0. The minimum absolute atomic E-state index is 0.905. The summed E-state index contributed by atoms with van der Waals surface area (Å²) in [5.74, 6) is 1.00. The molecule has 0 fully saturated rings. The summed E-state index contributed by atoms with van der Waals surface area (Å²) in [7, 11) is 0. The summed E-state index contributed by atoms with van der Waals surface area (Å²) in [6.45, 7) is 0. The van der Waals surface area contributed by atoms with Gasteiger partial charge < -0.3 is 8.83 Å². The van der Waals surface area contributed by atoms with Gasteiger partial charge in [-0.15, -0.1) is 0 Å². The molecule has 0 bridgehead atoms. The molecule has 1 aliphatic carbocycles. The topological polar surface area (TPSA) is 26.3 Å². The van der Waals surface area contributed by atoms with Crippen molar-refractivity contribution in [1.82, 2.24) is 0 Å². The van der Waals surface area contributed by atoms with Crippen LogP contribution in [0, 0.1) is 0 Å². The minimum atomic E-state index is 0.905. The molecule has 56 heavy (non-hydrogen) atoms. The Labute approximate surface area is 323 Å². The van der Waals surface area contributed by atoms with Crippen LogP contribution in [-0.4, -0.2) is 0 Å². The van der Waals surface area contributed by atoms with E-state index >= 15 is 0 Å². The SMILES string of the molecule is C1=Cc2oc3ccc(-c4cccc(-c5c6ccccc6c(-c6cccc(-c7cccc8oc9c%10ccccc%10ccc9c78)c6)c6ccccc56)c4)cc3c2CC1. The Morgan fingerprint density at radius 3 is 1.77 bits per heavy atom. The molecule has 0 N–H and O–H groups in total. The van der Waals surface area contributed by atoms with Gasteiger partial charge in [-0.25, -0.2) is 0 Å². The van der Waals surface area contributed by atoms with Crippen molar-refractivity contribution in [2.24, 2.45) is 0 Å². The van der Waals surface area contributed by atoms with Crippen molar-refractivity contribution in [3.05, 3.63) is 187 Å². The lowest BCUT2D eigenvalue weighted by atomic mass is 9.84. The first-order valence-electron chi connectivity index (χ1n) is 19.5. The third-order valence-electron chi connectivity index (χ3n) is 11.9. The van der Waals surface area contributed by atoms with Crippen LogP contribution in [0.2, 0.25) is 0 Å². The van der Waals surface area contributed by atoms with Crippen molar-refractivity contribution in [2.75, 3.05) is 0 Å². The maximum atomic E-state index is 6.58. The summed E-state index contributed by atoms with van der Waals surface area (Å²) >= 11 is 0. The average molecular weight is 715 g/mol. The van der Waals surface area contributed by atoms with E-state index in [1.165, 1.54) is 82.4 Å². The molecule has 2 heterocycles. The highest BCUT2D eigenvalue weighted by Crippen LogP contribution is 2.46. The van der Waals surface area contributed by atoms with Crippen LogP contribution in [0.25, 0.3) is 116 Å². The van der Waals surface area contributed by atoms with Crippen LogP contribution < -0.4 is 0 Å². The molecule has 0 unspecified atom stereocenters. The van der Waals surface area contributed by atoms with E-state index in [1.807, 2.05) is 0 Å². The van der Waals surface area contributed by atoms with Crippen molar-refractivity contribution in [2.45, 2.75) is 12.8 Å². The molecule has 0 atom stereocenters. The van der Waals surface area contributed by atoms with Crippen molar-refractivity contribution < 1.29 is 8.83 Å². The predicted molar refractivity (Wildman–Crippen MR) is 235 cm³/mol. The number of allylic oxidation sites excluding steroid dienone is 1. The largest absolute Gasteiger partial charge is 0.456 e. The highest BCUT2D eigenvalue weighted by molar-refractivity contribution is 6.22. The minimum Gasteiger partial charge on any atom is -0.456 e. The first kappa shape index (κ1) is 31.2. The second kappa shape index (κ2) is 12.2. The van der Waals surface area contributed by atoms with Gasteiger partial charge in [-0.1, -0.05) is 140 Å². The fourth-order valence-corrected chi connectivity index (χ4v) is 9.40. The molecule has 0 saturated heterocycles. The number of fused-ring (bicyclic) bond motifs is 10. The zero-order valence-corrected chi connectivity index (χ0v) is 30.6. The Morgan fingerprint density at radius 2 is 1.02 bits per heavy atom. The van der Waals surface area contributed by atoms with E-state index in [-0.39, 0.29) is 0 Å². The van der Waals surface area contributed by atoms with Gasteiger partial charge in [0.05, 0.1) is 0 Å². The monoisotopic (exact) mass is 714 g/mol. The van der Waals surface area contributed by atoms with E-state index < -0.39 is 0 Å². The number of aryl methyl sites for hydroxylation is 1. The summed E-state index contributed by atoms with van der Waals surface area (Å²) in [6, 6.07) is 61.9. The fourth-order valence-electron chi connectivity index (χ4n) is 9.40. The Hall–Kier alpha value is -7.16. The predicted octanol–water partition coefficient (Wildman–Crippen LogP) is 15.4. The maximum Gasteiger partial charge on any atom is 0.143 e. The van der Waals surface area contributed by atoms with Crippen LogP contribution in [0.4, 0.5) is 0 Å². The van der Waals surface area contributed by atoms with Crippen LogP contribution in [0.15, 0.2) is 185 Å². The van der Waals surface area contributed by atoms with Gasteiger partial charge in [-0.2, -0.15) is 0 Å². The molecule has 9 aromatic carbocycles. The van der Waals surface area contributed by atoms with E-state index in [9.17, 15) is 0 Å². The highest BCUT2D eigenvalue weighted by Gasteiger charge is 2.20. The molecular weight excluding hydrogens is 681 g/mol. The molecule has 1 aliphatic rings. The number of rotatable bonds is 4. The first-order valence-corrected chi connectivity index (χ1v) is 19.5. The van der Waals surface area contributed by atoms with Crippen LogP contribution in [0.1, 0.15) is 17.7 Å². The van der Waals surface area contributed by atoms with Crippen LogP contribution >= 0.6 is 0 Å². The van der Waals surface area contributed by atoms with Gasteiger partial charge in [0, 0.05) is 27.1 Å². The molecule has 2 aromatic heterocycles. The van der Waals surface area contributed by atoms with Gasteiger partial charge in [0.2, 0.25) is 0 Å². The first-order chi connectivity index (χ1) is 27.8. The molecule has 262 valence electrons. The fraction of sp³-hybridized carbons (Fsp3) is 0.0370. The van der Waals surface area contributed by atoms with Gasteiger partial charge >= 0.3 is 0 Å². The molecule has 0 saturated carbocycles. The van der Waals surface area contributed by atoms with Gasteiger partial charge in [0.15, 0.2) is 0 Å². The second-order valence-electron chi connectivity index (χ2n) is 15.0. The normalized spacial score (nSPS) is 12.8. The second-order valence-corrected chi connectivity index (χ2v) is 15.0. The smallest absolute Gasteiger partial charge is 0.143 e. The van der Waals surface area contributed by atoms with Crippen molar-refractivity contribution >= 4 is 71.3 Å². The number of hydrogen-bond acceptors (Lipinski definition) is 2. The number of benzene rings is 9. The highest BCUT2D eigenvalue weighted by atomic mass is 16.3. The zero-order valence-electron chi connectivity index (χ0n) is 30.6. The van der Waals surface area contributed by atoms with Crippen LogP contribution in [0.5, 0.6) is 0 Å². The summed E-state index contributed by atoms with van der Waals surface area (Å²) in [5, 5.41) is 10.8. The van der Waals surface area contributed by atoms with Crippen molar-refractivity contribution in [1.29, 1.82) is 0 Å². The maximum absolute atomic E-state index is 6.58. The molecule has 0 aliphatic heterocycles. The quantitative estimate of drug-likeness (QED) is 0.170. The van der Waals surface area contributed by atoms with E-state index in [0.717, 1.165) is 51.5 Å². The standard InChI is InChI=1S/C54H34O2/c1-2-17-40-33(12-1)26-28-46-53-39(23-11-25-50(53)56-54(40)46)36-14-10-16-38(31-36)52-44-21-5-3-19-42(44)51(43-20-4-6-22-45(43)52)37-15-9-13-34(30-37)35-27-29-49-47(32-35)41-18-7-8-24-48(41)55-49/h1-6,8-17,19-32H,7,18H2. The summed E-state index contributed by atoms with van der Waals surface area (Å²) in [5.41, 5.74) is 13.8. The van der Waals surface area contributed by atoms with E-state index in [1.54, 1.807) is 0 Å². The van der Waals surface area contributed by atoms with Gasteiger partial charge in [-0.3, -0.25) is 0 Å². The summed E-state index contributed by atoms with van der Waals surface area (Å²) in [6.07, 6.45) is 6.40. The van der Waals surface area contributed by atoms with Crippen LogP contribution in [-0.2, 0) is 6.42 Å². The average Bonchev–Trinajstić information content (AvgIpc) is 3.84. The van der Waals surface area contributed by atoms with Gasteiger partial charge in [0.25, 0.3) is 0 Å². The van der Waals surface area contributed by atoms with Gasteiger partial charge in [0.1, 0.15) is 22.5 Å². The summed E-state index contributed by atoms with van der Waals surface area (Å²) in [4.78, 5) is 0. The van der Waals surface area contributed by atoms with Crippen molar-refractivity contribution in [3.8, 4) is 44.5 Å². The Morgan fingerprint density at radius 1 is 0.393 bits per heavy atom. The molecule has 2 heteroatoms. The van der Waals surface area contributed by atoms with Gasteiger partial charge in [-0.05, 0) is 127 Å². The van der Waals surface area contributed by atoms with E-state index in [2.05, 4.69) is 182 Å². The molecule has 0 amide bonds. The van der Waals surface area contributed by atoms with Crippen molar-refractivity contribution in [3.63, 3.8) is 0 Å². The zero-order chi connectivity index (χ0) is 36.7. The molecule has 0 spiro atoms. The summed E-state index contributed by atoms with van der Waals surface area (Å²) < 4.78 is 12.8. The molecule has 0 radical (unpaired) electrons. The molecular formula is C54H34O2.